The molecule has 0 radical (unpaired) electrons. The maximum Gasteiger partial charge on any atom is 0.412 e. The zero-order valence-electron chi connectivity index (χ0n) is 11.8. The van der Waals surface area contributed by atoms with E-state index in [1.807, 2.05) is 0 Å². The van der Waals surface area contributed by atoms with E-state index in [0.717, 1.165) is 6.07 Å². The van der Waals surface area contributed by atoms with Gasteiger partial charge in [0, 0.05) is 12.6 Å². The first-order chi connectivity index (χ1) is 9.79. The maximum atomic E-state index is 13.8. The number of alkyl halides is 2. The van der Waals surface area contributed by atoms with Crippen LogP contribution in [0.15, 0.2) is 24.3 Å². The van der Waals surface area contributed by atoms with Crippen LogP contribution in [0.4, 0.5) is 23.7 Å². The van der Waals surface area contributed by atoms with Gasteiger partial charge in [0.05, 0.1) is 12.2 Å². The monoisotopic (exact) mass is 302 g/mol. The molecule has 116 valence electrons. The molecule has 1 amide bonds. The van der Waals surface area contributed by atoms with E-state index in [2.05, 4.69) is 5.32 Å². The first kappa shape index (κ1) is 15.6. The van der Waals surface area contributed by atoms with Crippen molar-refractivity contribution < 1.29 is 22.7 Å². The number of carbonyl (C=O) groups is 1. The minimum absolute atomic E-state index is 0.0463. The zero-order chi connectivity index (χ0) is 15.6. The number of rotatable bonds is 3. The highest BCUT2D eigenvalue weighted by molar-refractivity contribution is 5.84. The summed E-state index contributed by atoms with van der Waals surface area (Å²) in [5, 5.41) is 2.13. The van der Waals surface area contributed by atoms with Gasteiger partial charge in [-0.2, -0.15) is 0 Å². The summed E-state index contributed by atoms with van der Waals surface area (Å²) in [6.45, 7) is 3.08. The molecule has 0 aliphatic carbocycles. The Labute approximate surface area is 120 Å². The molecule has 0 aromatic heterocycles. The van der Waals surface area contributed by atoms with Crippen LogP contribution >= 0.6 is 0 Å². The topological polar surface area (TPSA) is 41.6 Å². The number of ether oxygens (including phenoxy) is 1. The van der Waals surface area contributed by atoms with E-state index in [9.17, 15) is 18.0 Å². The number of carbonyl (C=O) groups excluding carboxylic acids is 1. The maximum absolute atomic E-state index is 13.8. The van der Waals surface area contributed by atoms with Crippen LogP contribution in [0.2, 0.25) is 0 Å². The number of anilines is 1. The molecule has 1 N–H and O–H groups in total. The van der Waals surface area contributed by atoms with Gasteiger partial charge in [-0.1, -0.05) is 12.1 Å². The Balaban J connectivity index is 1.98. The molecular weight excluding hydrogens is 285 g/mol. The lowest BCUT2D eigenvalue weighted by molar-refractivity contribution is -0.0755. The van der Waals surface area contributed by atoms with Crippen molar-refractivity contribution in [2.24, 2.45) is 0 Å². The molecule has 0 saturated carbocycles. The van der Waals surface area contributed by atoms with Gasteiger partial charge in [0.25, 0.3) is 5.92 Å². The third-order valence-corrected chi connectivity index (χ3v) is 3.38. The molecule has 1 fully saturated rings. The van der Waals surface area contributed by atoms with E-state index in [0.29, 0.717) is 0 Å². The van der Waals surface area contributed by atoms with Gasteiger partial charge >= 0.3 is 6.09 Å². The highest BCUT2D eigenvalue weighted by Crippen LogP contribution is 2.31. The van der Waals surface area contributed by atoms with Gasteiger partial charge in [0.2, 0.25) is 0 Å². The van der Waals surface area contributed by atoms with E-state index in [1.54, 1.807) is 13.8 Å². The van der Waals surface area contributed by atoms with E-state index >= 15 is 0 Å². The van der Waals surface area contributed by atoms with E-state index < -0.39 is 30.5 Å². The molecule has 0 spiro atoms. The summed E-state index contributed by atoms with van der Waals surface area (Å²) in [4.78, 5) is 13.2. The molecular formula is C14H17F3N2O2. The third-order valence-electron chi connectivity index (χ3n) is 3.38. The number of nitrogens with one attached hydrogen (secondary N) is 1. The van der Waals surface area contributed by atoms with Crippen molar-refractivity contribution in [2.75, 3.05) is 18.4 Å². The van der Waals surface area contributed by atoms with Crippen molar-refractivity contribution in [3.63, 3.8) is 0 Å². The Kier molecular flexibility index (Phi) is 4.41. The van der Waals surface area contributed by atoms with Gasteiger partial charge in [-0.15, -0.1) is 0 Å². The van der Waals surface area contributed by atoms with Gasteiger partial charge in [0.15, 0.2) is 6.10 Å². The zero-order valence-corrected chi connectivity index (χ0v) is 11.8. The first-order valence-electron chi connectivity index (χ1n) is 6.63. The van der Waals surface area contributed by atoms with Crippen LogP contribution < -0.4 is 5.32 Å². The predicted octanol–water partition coefficient (Wildman–Crippen LogP) is 3.10. The number of para-hydroxylation sites is 1. The van der Waals surface area contributed by atoms with Crippen molar-refractivity contribution in [3.05, 3.63) is 30.1 Å². The Morgan fingerprint density at radius 1 is 1.43 bits per heavy atom. The Morgan fingerprint density at radius 2 is 2.10 bits per heavy atom. The van der Waals surface area contributed by atoms with Gasteiger partial charge in [-0.05, 0) is 26.0 Å². The van der Waals surface area contributed by atoms with Gasteiger partial charge in [0.1, 0.15) is 5.82 Å². The SMILES string of the molecule is CC(C)N1CC(OC(=O)Nc2ccccc2F)C(F)(F)C1. The summed E-state index contributed by atoms with van der Waals surface area (Å²) < 4.78 is 45.7. The van der Waals surface area contributed by atoms with Gasteiger partial charge < -0.3 is 4.74 Å². The fraction of sp³-hybridized carbons (Fsp3) is 0.500. The largest absolute Gasteiger partial charge is 0.438 e. The minimum Gasteiger partial charge on any atom is -0.438 e. The minimum atomic E-state index is -3.11. The summed E-state index contributed by atoms with van der Waals surface area (Å²) in [5.41, 5.74) is -0.107. The molecule has 1 unspecified atom stereocenters. The molecule has 1 heterocycles. The predicted molar refractivity (Wildman–Crippen MR) is 71.9 cm³/mol. The summed E-state index contributed by atoms with van der Waals surface area (Å²) in [6, 6.07) is 5.38. The van der Waals surface area contributed by atoms with Crippen molar-refractivity contribution >= 4 is 11.8 Å². The van der Waals surface area contributed by atoms with Crippen LogP contribution in [0, 0.1) is 5.82 Å². The standard InChI is InChI=1S/C14H17F3N2O2/c1-9(2)19-7-12(14(16,17)8-19)21-13(20)18-11-6-4-3-5-10(11)15/h3-6,9,12H,7-8H2,1-2H3,(H,18,20). The van der Waals surface area contributed by atoms with Crippen LogP contribution in [0.3, 0.4) is 0 Å². The number of hydrogen-bond donors (Lipinski definition) is 1. The summed E-state index contributed by atoms with van der Waals surface area (Å²) in [5.74, 6) is -3.77. The lowest BCUT2D eigenvalue weighted by atomic mass is 10.2. The number of amides is 1. The van der Waals surface area contributed by atoms with E-state index in [1.165, 1.54) is 23.1 Å². The van der Waals surface area contributed by atoms with Crippen molar-refractivity contribution in [1.29, 1.82) is 0 Å². The van der Waals surface area contributed by atoms with Crippen molar-refractivity contribution in [2.45, 2.75) is 31.9 Å². The Hall–Kier alpha value is -1.76. The quantitative estimate of drug-likeness (QED) is 0.933. The number of nitrogens with zero attached hydrogens (tertiary/aromatic N) is 1. The summed E-state index contributed by atoms with van der Waals surface area (Å²) in [6.07, 6.45) is -2.62. The first-order valence-corrected chi connectivity index (χ1v) is 6.63. The van der Waals surface area contributed by atoms with E-state index in [-0.39, 0.29) is 18.3 Å². The average molecular weight is 302 g/mol. The highest BCUT2D eigenvalue weighted by Gasteiger charge is 2.51. The van der Waals surface area contributed by atoms with Crippen LogP contribution in [0.1, 0.15) is 13.8 Å². The fourth-order valence-electron chi connectivity index (χ4n) is 2.13. The second-order valence-electron chi connectivity index (χ2n) is 5.28. The van der Waals surface area contributed by atoms with Crippen LogP contribution in [0.25, 0.3) is 0 Å². The number of halogens is 3. The molecule has 1 aromatic rings. The molecule has 21 heavy (non-hydrogen) atoms. The van der Waals surface area contributed by atoms with Crippen LogP contribution in [-0.2, 0) is 4.74 Å². The lowest BCUT2D eigenvalue weighted by Crippen LogP contribution is -2.37. The average Bonchev–Trinajstić information content (AvgIpc) is 2.68. The molecule has 0 bridgehead atoms. The molecule has 1 atom stereocenters. The van der Waals surface area contributed by atoms with Crippen molar-refractivity contribution in [1.82, 2.24) is 4.90 Å². The molecule has 4 nitrogen and oxygen atoms in total. The highest BCUT2D eigenvalue weighted by atomic mass is 19.3. The Morgan fingerprint density at radius 3 is 2.67 bits per heavy atom. The van der Waals surface area contributed by atoms with Gasteiger partial charge in [-0.25, -0.2) is 18.0 Å². The second kappa shape index (κ2) is 5.93. The van der Waals surface area contributed by atoms with Crippen LogP contribution in [-0.4, -0.2) is 42.2 Å². The van der Waals surface area contributed by atoms with Crippen LogP contribution in [0.5, 0.6) is 0 Å². The van der Waals surface area contributed by atoms with E-state index in [4.69, 9.17) is 4.74 Å². The summed E-state index contributed by atoms with van der Waals surface area (Å²) in [7, 11) is 0. The molecule has 1 aromatic carbocycles. The smallest absolute Gasteiger partial charge is 0.412 e. The second-order valence-corrected chi connectivity index (χ2v) is 5.28. The summed E-state index contributed by atoms with van der Waals surface area (Å²) >= 11 is 0. The normalized spacial score (nSPS) is 21.5. The third kappa shape index (κ3) is 3.66. The molecule has 1 aliphatic rings. The molecule has 2 rings (SSSR count). The van der Waals surface area contributed by atoms with Gasteiger partial charge in [-0.3, -0.25) is 10.2 Å². The molecule has 1 saturated heterocycles. The Bertz CT molecular complexity index is 523. The lowest BCUT2D eigenvalue weighted by Gasteiger charge is -2.19. The number of benzene rings is 1. The molecule has 1 aliphatic heterocycles. The van der Waals surface area contributed by atoms with Crippen molar-refractivity contribution in [3.8, 4) is 0 Å². The fourth-order valence-corrected chi connectivity index (χ4v) is 2.13. The number of hydrogen-bond acceptors (Lipinski definition) is 3. The molecule has 7 heteroatoms. The number of likely N-dealkylation sites (tertiary alicyclic amines) is 1.